The van der Waals surface area contributed by atoms with Gasteiger partial charge < -0.3 is 9.47 Å². The average Bonchev–Trinajstić information content (AvgIpc) is 2.50. The number of ether oxygens (including phenoxy) is 2. The second-order valence-electron chi connectivity index (χ2n) is 7.40. The minimum Gasteiger partial charge on any atom is -0.463 e. The number of hydrogen-bond donors (Lipinski definition) is 0. The summed E-state index contributed by atoms with van der Waals surface area (Å²) in [6.45, 7) is 12.0. The maximum atomic E-state index is 12.1. The van der Waals surface area contributed by atoms with Gasteiger partial charge in [0, 0.05) is 16.9 Å². The molecule has 24 heavy (non-hydrogen) atoms. The van der Waals surface area contributed by atoms with Crippen molar-refractivity contribution < 1.29 is 19.2 Å². The zero-order chi connectivity index (χ0) is 18.5. The molecule has 0 saturated carbocycles. The fraction of sp³-hybridized carbons (Fsp3) is 0.833. The lowest BCUT2D eigenvalue weighted by molar-refractivity contribution is -0.539. The molecule has 0 radical (unpaired) electrons. The van der Waals surface area contributed by atoms with Gasteiger partial charge in [-0.3, -0.25) is 10.1 Å². The van der Waals surface area contributed by atoms with Crippen molar-refractivity contribution in [1.82, 2.24) is 0 Å². The smallest absolute Gasteiger partial charge is 0.334 e. The molecule has 1 aliphatic rings. The lowest BCUT2D eigenvalue weighted by Gasteiger charge is -2.41. The summed E-state index contributed by atoms with van der Waals surface area (Å²) in [6, 6.07) is -0.853. The number of hydrogen-bond acceptors (Lipinski definition) is 5. The van der Waals surface area contributed by atoms with Crippen LogP contribution in [-0.2, 0) is 14.3 Å². The van der Waals surface area contributed by atoms with E-state index in [9.17, 15) is 14.9 Å². The zero-order valence-corrected chi connectivity index (χ0v) is 15.7. The summed E-state index contributed by atoms with van der Waals surface area (Å²) >= 11 is 0. The van der Waals surface area contributed by atoms with Gasteiger partial charge in [0.2, 0.25) is 6.04 Å². The van der Waals surface area contributed by atoms with E-state index in [0.717, 1.165) is 12.8 Å². The summed E-state index contributed by atoms with van der Waals surface area (Å²) < 4.78 is 11.2. The van der Waals surface area contributed by atoms with Crippen LogP contribution >= 0.6 is 0 Å². The van der Waals surface area contributed by atoms with Gasteiger partial charge in [0.1, 0.15) is 0 Å². The minimum absolute atomic E-state index is 0.0186. The third-order valence-electron chi connectivity index (χ3n) is 4.63. The normalized spacial score (nSPS) is 24.6. The quantitative estimate of drug-likeness (QED) is 0.400. The van der Waals surface area contributed by atoms with Crippen molar-refractivity contribution in [2.75, 3.05) is 6.61 Å². The van der Waals surface area contributed by atoms with Crippen LogP contribution in [-0.4, -0.2) is 35.7 Å². The summed E-state index contributed by atoms with van der Waals surface area (Å²) in [5, 5.41) is 11.7. The van der Waals surface area contributed by atoms with Crippen LogP contribution in [0.4, 0.5) is 0 Å². The van der Waals surface area contributed by atoms with Gasteiger partial charge in [0.15, 0.2) is 0 Å². The Kier molecular flexibility index (Phi) is 7.39. The van der Waals surface area contributed by atoms with E-state index in [1.807, 2.05) is 34.6 Å². The molecule has 0 aromatic heterocycles. The Bertz CT molecular complexity index is 476. The fourth-order valence-corrected chi connectivity index (χ4v) is 3.42. The first-order chi connectivity index (χ1) is 11.1. The molecular formula is C18H31NO5. The maximum Gasteiger partial charge on any atom is 0.334 e. The van der Waals surface area contributed by atoms with Gasteiger partial charge in [-0.1, -0.05) is 34.6 Å². The second-order valence-corrected chi connectivity index (χ2v) is 7.40. The van der Waals surface area contributed by atoms with Crippen LogP contribution in [0.5, 0.6) is 0 Å². The fourth-order valence-electron chi connectivity index (χ4n) is 3.42. The first-order valence-corrected chi connectivity index (χ1v) is 8.82. The molecule has 0 saturated heterocycles. The highest BCUT2D eigenvalue weighted by Gasteiger charge is 2.49. The summed E-state index contributed by atoms with van der Waals surface area (Å²) in [6.07, 6.45) is 3.07. The number of carbonyl (C=O) groups excluding carboxylic acids is 1. The predicted molar refractivity (Wildman–Crippen MR) is 92.3 cm³/mol. The summed E-state index contributed by atoms with van der Waals surface area (Å²) in [4.78, 5) is 23.5. The molecule has 0 unspecified atom stereocenters. The van der Waals surface area contributed by atoms with Gasteiger partial charge in [-0.15, -0.1) is 0 Å². The first kappa shape index (κ1) is 20.6. The summed E-state index contributed by atoms with van der Waals surface area (Å²) in [5.74, 6) is -0.777. The third-order valence-corrected chi connectivity index (χ3v) is 4.63. The molecule has 0 aromatic carbocycles. The van der Waals surface area contributed by atoms with Crippen molar-refractivity contribution in [3.05, 3.63) is 21.8 Å². The van der Waals surface area contributed by atoms with E-state index in [2.05, 4.69) is 0 Å². The van der Waals surface area contributed by atoms with Crippen LogP contribution < -0.4 is 0 Å². The van der Waals surface area contributed by atoms with Crippen molar-refractivity contribution in [2.24, 2.45) is 11.3 Å². The van der Waals surface area contributed by atoms with E-state index in [1.54, 1.807) is 13.0 Å². The van der Waals surface area contributed by atoms with Gasteiger partial charge in [-0.25, -0.2) is 4.79 Å². The standard InChI is InChI=1S/C18H31NO5/c1-7-13(8-2)24-15-11-12(17(20)23-9-3)10-14(19(21)22)16(15)18(4,5)6/h11,13-16H,7-10H2,1-6H3/t14-,15+,16+/m0/s1. The van der Waals surface area contributed by atoms with Gasteiger partial charge in [0.05, 0.1) is 24.7 Å². The van der Waals surface area contributed by atoms with Crippen molar-refractivity contribution in [2.45, 2.75) is 79.1 Å². The molecule has 0 aliphatic heterocycles. The van der Waals surface area contributed by atoms with Crippen LogP contribution in [0.2, 0.25) is 0 Å². The lowest BCUT2D eigenvalue weighted by Crippen LogP contribution is -2.49. The van der Waals surface area contributed by atoms with Gasteiger partial charge in [0.25, 0.3) is 0 Å². The molecule has 0 fully saturated rings. The number of nitro groups is 1. The van der Waals surface area contributed by atoms with Crippen LogP contribution in [0, 0.1) is 21.4 Å². The van der Waals surface area contributed by atoms with Crippen molar-refractivity contribution >= 4 is 5.97 Å². The van der Waals surface area contributed by atoms with Gasteiger partial charge in [-0.05, 0) is 31.3 Å². The SMILES string of the molecule is CCOC(=O)C1=C[C@@H](OC(CC)CC)[C@H](C(C)(C)C)[C@@H]([N+](=O)[O-])C1. The van der Waals surface area contributed by atoms with E-state index in [1.165, 1.54) is 0 Å². The van der Waals surface area contributed by atoms with E-state index < -0.39 is 18.1 Å². The summed E-state index contributed by atoms with van der Waals surface area (Å²) in [5.41, 5.74) is 0.0421. The topological polar surface area (TPSA) is 78.7 Å². The molecule has 0 N–H and O–H groups in total. The van der Waals surface area contributed by atoms with Crippen LogP contribution in [0.15, 0.2) is 11.6 Å². The Morgan fingerprint density at radius 2 is 1.92 bits per heavy atom. The average molecular weight is 341 g/mol. The molecular weight excluding hydrogens is 310 g/mol. The molecule has 3 atom stereocenters. The molecule has 138 valence electrons. The Labute approximate surface area is 144 Å². The van der Waals surface area contributed by atoms with E-state index in [0.29, 0.717) is 5.57 Å². The van der Waals surface area contributed by atoms with Crippen molar-refractivity contribution in [3.63, 3.8) is 0 Å². The highest BCUT2D eigenvalue weighted by atomic mass is 16.6. The predicted octanol–water partition coefficient (Wildman–Crippen LogP) is 3.76. The third kappa shape index (κ3) is 5.03. The largest absolute Gasteiger partial charge is 0.463 e. The molecule has 0 amide bonds. The molecule has 6 nitrogen and oxygen atoms in total. The van der Waals surface area contributed by atoms with Crippen molar-refractivity contribution in [3.8, 4) is 0 Å². The maximum absolute atomic E-state index is 12.1. The summed E-state index contributed by atoms with van der Waals surface area (Å²) in [7, 11) is 0. The number of nitrogens with zero attached hydrogens (tertiary/aromatic N) is 1. The lowest BCUT2D eigenvalue weighted by atomic mass is 9.68. The highest BCUT2D eigenvalue weighted by molar-refractivity contribution is 5.88. The molecule has 6 heteroatoms. The monoisotopic (exact) mass is 341 g/mol. The van der Waals surface area contributed by atoms with Crippen LogP contribution in [0.3, 0.4) is 0 Å². The van der Waals surface area contributed by atoms with E-state index >= 15 is 0 Å². The van der Waals surface area contributed by atoms with E-state index in [-0.39, 0.29) is 35.4 Å². The van der Waals surface area contributed by atoms with Crippen molar-refractivity contribution in [1.29, 1.82) is 0 Å². The Hall–Kier alpha value is -1.43. The van der Waals surface area contributed by atoms with Gasteiger partial charge >= 0.3 is 5.97 Å². The Morgan fingerprint density at radius 1 is 1.33 bits per heavy atom. The molecule has 0 heterocycles. The Morgan fingerprint density at radius 3 is 2.33 bits per heavy atom. The highest BCUT2D eigenvalue weighted by Crippen LogP contribution is 2.41. The number of carbonyl (C=O) groups is 1. The minimum atomic E-state index is -0.853. The Balaban J connectivity index is 3.26. The van der Waals surface area contributed by atoms with Crippen LogP contribution in [0.1, 0.15) is 60.8 Å². The molecule has 0 aromatic rings. The van der Waals surface area contributed by atoms with E-state index in [4.69, 9.17) is 9.47 Å². The number of esters is 1. The second kappa shape index (κ2) is 8.60. The molecule has 0 spiro atoms. The molecule has 0 bridgehead atoms. The number of rotatable bonds is 7. The molecule has 1 rings (SSSR count). The van der Waals surface area contributed by atoms with Crippen LogP contribution in [0.25, 0.3) is 0 Å². The van der Waals surface area contributed by atoms with Gasteiger partial charge in [-0.2, -0.15) is 0 Å². The first-order valence-electron chi connectivity index (χ1n) is 8.82. The zero-order valence-electron chi connectivity index (χ0n) is 15.7. The molecule has 1 aliphatic carbocycles.